The quantitative estimate of drug-likeness (QED) is 0.733. The molecule has 2 N–H and O–H groups in total. The van der Waals surface area contributed by atoms with E-state index in [4.69, 9.17) is 4.74 Å². The lowest BCUT2D eigenvalue weighted by Gasteiger charge is -2.16. The lowest BCUT2D eigenvalue weighted by atomic mass is 10.3. The highest BCUT2D eigenvalue weighted by molar-refractivity contribution is 7.89. The molecule has 0 spiro atoms. The fourth-order valence-electron chi connectivity index (χ4n) is 2.85. The third-order valence-corrected chi connectivity index (χ3v) is 5.75. The molecule has 1 saturated heterocycles. The van der Waals surface area contributed by atoms with Crippen LogP contribution in [0.3, 0.4) is 0 Å². The minimum absolute atomic E-state index is 0.0279. The number of nitrogens with one attached hydrogen (secondary N) is 2. The second-order valence-corrected chi connectivity index (χ2v) is 8.01. The van der Waals surface area contributed by atoms with E-state index in [9.17, 15) is 18.0 Å². The first kappa shape index (κ1) is 19.8. The number of anilines is 2. The van der Waals surface area contributed by atoms with Gasteiger partial charge >= 0.3 is 0 Å². The molecule has 2 amide bonds. The van der Waals surface area contributed by atoms with E-state index in [1.54, 1.807) is 41.3 Å². The molecule has 3 rings (SSSR count). The van der Waals surface area contributed by atoms with Crippen molar-refractivity contribution in [2.45, 2.75) is 17.7 Å². The van der Waals surface area contributed by atoms with Crippen molar-refractivity contribution in [3.05, 3.63) is 48.5 Å². The molecule has 8 nitrogen and oxygen atoms in total. The molecule has 148 valence electrons. The minimum Gasteiger partial charge on any atom is -0.497 e. The molecule has 0 unspecified atom stereocenters. The highest BCUT2D eigenvalue weighted by Crippen LogP contribution is 2.23. The topological polar surface area (TPSA) is 105 Å². The van der Waals surface area contributed by atoms with Gasteiger partial charge in [0.2, 0.25) is 21.8 Å². The first-order chi connectivity index (χ1) is 13.4. The minimum atomic E-state index is -3.85. The lowest BCUT2D eigenvalue weighted by Crippen LogP contribution is -2.33. The second-order valence-electron chi connectivity index (χ2n) is 6.24. The predicted molar refractivity (Wildman–Crippen MR) is 105 cm³/mol. The highest BCUT2D eigenvalue weighted by Gasteiger charge is 2.22. The summed E-state index contributed by atoms with van der Waals surface area (Å²) in [7, 11) is -2.31. The van der Waals surface area contributed by atoms with Crippen LogP contribution in [-0.2, 0) is 19.6 Å². The van der Waals surface area contributed by atoms with Crippen molar-refractivity contribution in [2.75, 3.05) is 30.4 Å². The Balaban J connectivity index is 1.58. The number of hydrogen-bond acceptors (Lipinski definition) is 5. The molecule has 0 aliphatic carbocycles. The van der Waals surface area contributed by atoms with Crippen molar-refractivity contribution < 1.29 is 22.7 Å². The van der Waals surface area contributed by atoms with Gasteiger partial charge in [-0.15, -0.1) is 0 Å². The molecule has 0 aromatic heterocycles. The number of ether oxygens (including phenoxy) is 1. The van der Waals surface area contributed by atoms with Gasteiger partial charge in [0.15, 0.2) is 0 Å². The molecule has 1 aliphatic rings. The molecule has 1 fully saturated rings. The maximum Gasteiger partial charge on any atom is 0.241 e. The molecule has 0 radical (unpaired) electrons. The van der Waals surface area contributed by atoms with Gasteiger partial charge in [0.05, 0.1) is 18.6 Å². The first-order valence-electron chi connectivity index (χ1n) is 8.73. The number of amides is 2. The van der Waals surface area contributed by atoms with E-state index in [2.05, 4.69) is 10.0 Å². The van der Waals surface area contributed by atoms with E-state index in [1.165, 1.54) is 19.2 Å². The summed E-state index contributed by atoms with van der Waals surface area (Å²) < 4.78 is 32.1. The van der Waals surface area contributed by atoms with Crippen molar-refractivity contribution in [1.82, 2.24) is 4.72 Å². The van der Waals surface area contributed by atoms with Crippen LogP contribution in [0.4, 0.5) is 11.4 Å². The number of hydrogen-bond donors (Lipinski definition) is 2. The first-order valence-corrected chi connectivity index (χ1v) is 10.2. The molecule has 2 aromatic carbocycles. The van der Waals surface area contributed by atoms with Crippen molar-refractivity contribution in [3.63, 3.8) is 0 Å². The summed E-state index contributed by atoms with van der Waals surface area (Å²) >= 11 is 0. The van der Waals surface area contributed by atoms with Gasteiger partial charge in [-0.3, -0.25) is 9.59 Å². The van der Waals surface area contributed by atoms with Crippen LogP contribution in [-0.4, -0.2) is 40.4 Å². The fourth-order valence-corrected chi connectivity index (χ4v) is 3.83. The standard InChI is InChI=1S/C19H21N3O5S/c1-27-16-8-4-14(5-9-16)21-18(23)13-20-28(25,26)17-10-6-15(7-11-17)22-12-2-3-19(22)24/h4-11,20H,2-3,12-13H2,1H3,(H,21,23). The maximum absolute atomic E-state index is 12.4. The zero-order chi connectivity index (χ0) is 20.1. The van der Waals surface area contributed by atoms with Crippen molar-refractivity contribution in [3.8, 4) is 5.75 Å². The molecule has 1 aliphatic heterocycles. The van der Waals surface area contributed by atoms with Crippen molar-refractivity contribution >= 4 is 33.2 Å². The van der Waals surface area contributed by atoms with E-state index in [-0.39, 0.29) is 10.8 Å². The van der Waals surface area contributed by atoms with Gasteiger partial charge in [-0.2, -0.15) is 0 Å². The average Bonchev–Trinajstić information content (AvgIpc) is 3.13. The van der Waals surface area contributed by atoms with Crippen molar-refractivity contribution in [2.24, 2.45) is 0 Å². The van der Waals surface area contributed by atoms with Gasteiger partial charge in [0.25, 0.3) is 0 Å². The molecule has 0 saturated carbocycles. The number of carbonyl (C=O) groups is 2. The summed E-state index contributed by atoms with van der Waals surface area (Å²) in [6, 6.07) is 12.7. The Morgan fingerprint density at radius 2 is 1.79 bits per heavy atom. The van der Waals surface area contributed by atoms with E-state index in [1.807, 2.05) is 0 Å². The van der Waals surface area contributed by atoms with Gasteiger partial charge in [0.1, 0.15) is 5.75 Å². The fraction of sp³-hybridized carbons (Fsp3) is 0.263. The van der Waals surface area contributed by atoms with Crippen LogP contribution in [0.5, 0.6) is 5.75 Å². The maximum atomic E-state index is 12.4. The Kier molecular flexibility index (Phi) is 5.96. The van der Waals surface area contributed by atoms with Crippen LogP contribution in [0.2, 0.25) is 0 Å². The van der Waals surface area contributed by atoms with E-state index in [0.29, 0.717) is 30.1 Å². The van der Waals surface area contributed by atoms with Gasteiger partial charge < -0.3 is 15.0 Å². The number of carbonyl (C=O) groups excluding carboxylic acids is 2. The zero-order valence-corrected chi connectivity index (χ0v) is 16.2. The SMILES string of the molecule is COc1ccc(NC(=O)CNS(=O)(=O)c2ccc(N3CCCC3=O)cc2)cc1. The molecular weight excluding hydrogens is 382 g/mol. The van der Waals surface area contributed by atoms with Gasteiger partial charge in [-0.05, 0) is 55.0 Å². The summed E-state index contributed by atoms with van der Waals surface area (Å²) in [5, 5.41) is 2.60. The Bertz CT molecular complexity index is 956. The lowest BCUT2D eigenvalue weighted by molar-refractivity contribution is -0.117. The van der Waals surface area contributed by atoms with E-state index < -0.39 is 22.5 Å². The number of rotatable bonds is 7. The Morgan fingerprint density at radius 3 is 2.36 bits per heavy atom. The molecule has 0 atom stereocenters. The van der Waals surface area contributed by atoms with Crippen LogP contribution >= 0.6 is 0 Å². The predicted octanol–water partition coefficient (Wildman–Crippen LogP) is 1.74. The zero-order valence-electron chi connectivity index (χ0n) is 15.3. The summed E-state index contributed by atoms with van der Waals surface area (Å²) in [5.41, 5.74) is 1.20. The summed E-state index contributed by atoms with van der Waals surface area (Å²) in [4.78, 5) is 25.4. The van der Waals surface area contributed by atoms with Gasteiger partial charge in [-0.1, -0.05) is 0 Å². The molecule has 2 aromatic rings. The Labute approximate surface area is 163 Å². The van der Waals surface area contributed by atoms with Gasteiger partial charge in [0, 0.05) is 24.3 Å². The third kappa shape index (κ3) is 4.68. The number of sulfonamides is 1. The van der Waals surface area contributed by atoms with E-state index in [0.717, 1.165) is 6.42 Å². The van der Waals surface area contributed by atoms with E-state index >= 15 is 0 Å². The second kappa shape index (κ2) is 8.41. The average molecular weight is 403 g/mol. The monoisotopic (exact) mass is 403 g/mol. The summed E-state index contributed by atoms with van der Waals surface area (Å²) in [6.07, 6.45) is 1.30. The van der Waals surface area contributed by atoms with Crippen LogP contribution < -0.4 is 19.7 Å². The number of nitrogens with zero attached hydrogens (tertiary/aromatic N) is 1. The third-order valence-electron chi connectivity index (χ3n) is 4.33. The Morgan fingerprint density at radius 1 is 1.11 bits per heavy atom. The smallest absolute Gasteiger partial charge is 0.241 e. The van der Waals surface area contributed by atoms with Gasteiger partial charge in [-0.25, -0.2) is 13.1 Å². The molecule has 28 heavy (non-hydrogen) atoms. The summed E-state index contributed by atoms with van der Waals surface area (Å²) in [5.74, 6) is 0.190. The number of benzene rings is 2. The molecule has 1 heterocycles. The normalized spacial score (nSPS) is 14.2. The van der Waals surface area contributed by atoms with Crippen LogP contribution in [0, 0.1) is 0 Å². The summed E-state index contributed by atoms with van der Waals surface area (Å²) in [6.45, 7) is 0.232. The van der Waals surface area contributed by atoms with Crippen LogP contribution in [0.25, 0.3) is 0 Å². The highest BCUT2D eigenvalue weighted by atomic mass is 32.2. The van der Waals surface area contributed by atoms with Crippen molar-refractivity contribution in [1.29, 1.82) is 0 Å². The molecule has 0 bridgehead atoms. The Hall–Kier alpha value is -2.91. The number of methoxy groups -OCH3 is 1. The largest absolute Gasteiger partial charge is 0.497 e. The van der Waals surface area contributed by atoms with Crippen LogP contribution in [0.1, 0.15) is 12.8 Å². The molecule has 9 heteroatoms. The molecular formula is C19H21N3O5S. The van der Waals surface area contributed by atoms with Crippen LogP contribution in [0.15, 0.2) is 53.4 Å².